The molecule has 5 heteroatoms. The molecule has 1 aliphatic rings. The lowest BCUT2D eigenvalue weighted by Crippen LogP contribution is -2.46. The van der Waals surface area contributed by atoms with Gasteiger partial charge in [0.05, 0.1) is 5.60 Å². The van der Waals surface area contributed by atoms with Gasteiger partial charge >= 0.3 is 0 Å². The lowest BCUT2D eigenvalue weighted by Gasteiger charge is -2.34. The van der Waals surface area contributed by atoms with Gasteiger partial charge in [0.25, 0.3) is 0 Å². The van der Waals surface area contributed by atoms with Crippen molar-refractivity contribution in [1.82, 2.24) is 4.90 Å². The molecule has 18 heavy (non-hydrogen) atoms. The molecule has 1 amide bonds. The van der Waals surface area contributed by atoms with Crippen molar-refractivity contribution in [3.63, 3.8) is 0 Å². The van der Waals surface area contributed by atoms with Crippen LogP contribution in [0.1, 0.15) is 46.5 Å². The minimum Gasteiger partial charge on any atom is -0.389 e. The minimum absolute atomic E-state index is 0.117. The Kier molecular flexibility index (Phi) is 4.70. The van der Waals surface area contributed by atoms with E-state index in [9.17, 15) is 18.7 Å². The van der Waals surface area contributed by atoms with E-state index in [1.54, 1.807) is 20.8 Å². The highest BCUT2D eigenvalue weighted by Gasteiger charge is 2.40. The molecule has 0 radical (unpaired) electrons. The summed E-state index contributed by atoms with van der Waals surface area (Å²) in [6.07, 6.45) is 0.447. The van der Waals surface area contributed by atoms with Crippen LogP contribution in [-0.4, -0.2) is 40.5 Å². The average Bonchev–Trinajstić information content (AvgIpc) is 2.22. The number of alkyl halides is 2. The lowest BCUT2D eigenvalue weighted by molar-refractivity contribution is -0.145. The molecule has 1 rings (SSSR count). The van der Waals surface area contributed by atoms with Crippen LogP contribution in [0, 0.1) is 5.92 Å². The summed E-state index contributed by atoms with van der Waals surface area (Å²) in [5.74, 6) is -3.57. The third-order valence-electron chi connectivity index (χ3n) is 3.26. The normalized spacial score (nSPS) is 23.8. The number of hydrogen-bond donors (Lipinski definition) is 1. The zero-order chi connectivity index (χ0) is 14.0. The number of nitrogens with zero attached hydrogens (tertiary/aromatic N) is 1. The molecular weight excluding hydrogens is 240 g/mol. The first-order chi connectivity index (χ1) is 8.14. The van der Waals surface area contributed by atoms with Crippen LogP contribution in [0.2, 0.25) is 0 Å². The molecule has 1 saturated carbocycles. The zero-order valence-corrected chi connectivity index (χ0v) is 11.4. The monoisotopic (exact) mass is 263 g/mol. The molecule has 0 heterocycles. The van der Waals surface area contributed by atoms with Gasteiger partial charge in [-0.05, 0) is 33.6 Å². The predicted molar refractivity (Wildman–Crippen MR) is 65.5 cm³/mol. The number of aliphatic hydroxyl groups is 1. The van der Waals surface area contributed by atoms with Crippen LogP contribution in [0.25, 0.3) is 0 Å². The second kappa shape index (κ2) is 5.51. The summed E-state index contributed by atoms with van der Waals surface area (Å²) in [6.45, 7) is 5.64. The van der Waals surface area contributed by atoms with Crippen molar-refractivity contribution in [3.8, 4) is 0 Å². The van der Waals surface area contributed by atoms with Crippen molar-refractivity contribution in [2.45, 2.75) is 58.0 Å². The molecule has 0 aromatic heterocycles. The summed E-state index contributed by atoms with van der Waals surface area (Å²) < 4.78 is 26.6. The Morgan fingerprint density at radius 3 is 2.56 bits per heavy atom. The molecule has 1 aliphatic carbocycles. The van der Waals surface area contributed by atoms with E-state index in [0.717, 1.165) is 0 Å². The number of rotatable bonds is 4. The van der Waals surface area contributed by atoms with E-state index in [-0.39, 0.29) is 25.3 Å². The van der Waals surface area contributed by atoms with Crippen molar-refractivity contribution in [2.75, 3.05) is 13.1 Å². The smallest absolute Gasteiger partial charge is 0.248 e. The molecule has 0 saturated heterocycles. The summed E-state index contributed by atoms with van der Waals surface area (Å²) in [7, 11) is 0. The first kappa shape index (κ1) is 15.3. The van der Waals surface area contributed by atoms with Crippen LogP contribution in [0.4, 0.5) is 8.78 Å². The van der Waals surface area contributed by atoms with Crippen LogP contribution in [-0.2, 0) is 4.79 Å². The minimum atomic E-state index is -2.72. The Bertz CT molecular complexity index is 294. The van der Waals surface area contributed by atoms with Crippen LogP contribution >= 0.6 is 0 Å². The van der Waals surface area contributed by atoms with E-state index in [2.05, 4.69) is 0 Å². The van der Waals surface area contributed by atoms with Gasteiger partial charge in [0.1, 0.15) is 0 Å². The van der Waals surface area contributed by atoms with Crippen LogP contribution in [0.3, 0.4) is 0 Å². The van der Waals surface area contributed by atoms with Gasteiger partial charge in [-0.2, -0.15) is 0 Å². The second-order valence-electron chi connectivity index (χ2n) is 5.81. The van der Waals surface area contributed by atoms with Crippen LogP contribution in [0.5, 0.6) is 0 Å². The van der Waals surface area contributed by atoms with Crippen molar-refractivity contribution in [2.24, 2.45) is 5.92 Å². The fourth-order valence-electron chi connectivity index (χ4n) is 2.45. The average molecular weight is 263 g/mol. The molecule has 0 spiro atoms. The van der Waals surface area contributed by atoms with Crippen molar-refractivity contribution < 1.29 is 18.7 Å². The fraction of sp³-hybridized carbons (Fsp3) is 0.923. The Hall–Kier alpha value is -0.710. The fourth-order valence-corrected chi connectivity index (χ4v) is 2.45. The Labute approximate surface area is 107 Å². The Morgan fingerprint density at radius 1 is 1.50 bits per heavy atom. The quantitative estimate of drug-likeness (QED) is 0.846. The number of halogens is 2. The molecule has 3 nitrogen and oxygen atoms in total. The maximum Gasteiger partial charge on any atom is 0.248 e. The largest absolute Gasteiger partial charge is 0.389 e. The van der Waals surface area contributed by atoms with Gasteiger partial charge in [-0.25, -0.2) is 8.78 Å². The third-order valence-corrected chi connectivity index (χ3v) is 3.26. The number of amides is 1. The van der Waals surface area contributed by atoms with Crippen LogP contribution < -0.4 is 0 Å². The summed E-state index contributed by atoms with van der Waals surface area (Å²) >= 11 is 0. The van der Waals surface area contributed by atoms with Gasteiger partial charge < -0.3 is 10.0 Å². The topological polar surface area (TPSA) is 40.5 Å². The zero-order valence-electron chi connectivity index (χ0n) is 11.4. The first-order valence-corrected chi connectivity index (χ1v) is 6.53. The van der Waals surface area contributed by atoms with E-state index < -0.39 is 17.4 Å². The lowest BCUT2D eigenvalue weighted by atomic mass is 9.85. The highest BCUT2D eigenvalue weighted by Crippen LogP contribution is 2.37. The Morgan fingerprint density at radius 2 is 2.11 bits per heavy atom. The van der Waals surface area contributed by atoms with E-state index >= 15 is 0 Å². The molecule has 1 N–H and O–H groups in total. The number of carbonyl (C=O) groups excluding carboxylic acids is 1. The van der Waals surface area contributed by atoms with Gasteiger partial charge in [0, 0.05) is 31.8 Å². The highest BCUT2D eigenvalue weighted by atomic mass is 19.3. The molecule has 106 valence electrons. The standard InChI is InChI=1S/C13H23F2NO2/c1-4-16(9-12(2,3)18)11(17)10-6-5-7-13(14,15)8-10/h10,18H,4-9H2,1-3H3. The predicted octanol–water partition coefficient (Wildman–Crippen LogP) is 2.43. The van der Waals surface area contributed by atoms with Gasteiger partial charge in [0.15, 0.2) is 0 Å². The van der Waals surface area contributed by atoms with E-state index in [0.29, 0.717) is 19.4 Å². The summed E-state index contributed by atoms with van der Waals surface area (Å²) in [4.78, 5) is 13.7. The first-order valence-electron chi connectivity index (χ1n) is 6.53. The maximum atomic E-state index is 13.3. The molecule has 1 unspecified atom stereocenters. The van der Waals surface area contributed by atoms with Crippen molar-refractivity contribution in [3.05, 3.63) is 0 Å². The van der Waals surface area contributed by atoms with E-state index in [1.807, 2.05) is 0 Å². The summed E-state index contributed by atoms with van der Waals surface area (Å²) in [6, 6.07) is 0. The van der Waals surface area contributed by atoms with Gasteiger partial charge in [0.2, 0.25) is 11.8 Å². The number of hydrogen-bond acceptors (Lipinski definition) is 2. The molecule has 0 aromatic carbocycles. The molecule has 1 atom stereocenters. The summed E-state index contributed by atoms with van der Waals surface area (Å²) in [5.41, 5.74) is -0.997. The molecule has 1 fully saturated rings. The third kappa shape index (κ3) is 4.52. The molecular formula is C13H23F2NO2. The maximum absolute atomic E-state index is 13.3. The highest BCUT2D eigenvalue weighted by molar-refractivity contribution is 5.79. The molecule has 0 bridgehead atoms. The van der Waals surface area contributed by atoms with Crippen molar-refractivity contribution in [1.29, 1.82) is 0 Å². The second-order valence-corrected chi connectivity index (χ2v) is 5.81. The number of carbonyl (C=O) groups is 1. The molecule has 0 aliphatic heterocycles. The van der Waals surface area contributed by atoms with Crippen molar-refractivity contribution >= 4 is 5.91 Å². The van der Waals surface area contributed by atoms with Gasteiger partial charge in [-0.15, -0.1) is 0 Å². The van der Waals surface area contributed by atoms with E-state index in [4.69, 9.17) is 0 Å². The summed E-state index contributed by atoms with van der Waals surface area (Å²) in [5, 5.41) is 9.73. The van der Waals surface area contributed by atoms with E-state index in [1.165, 1.54) is 4.90 Å². The molecule has 0 aromatic rings. The Balaban J connectivity index is 2.66. The van der Waals surface area contributed by atoms with Gasteiger partial charge in [-0.1, -0.05) is 0 Å². The van der Waals surface area contributed by atoms with Gasteiger partial charge in [-0.3, -0.25) is 4.79 Å². The van der Waals surface area contributed by atoms with Crippen LogP contribution in [0.15, 0.2) is 0 Å². The number of likely N-dealkylation sites (N-methyl/N-ethyl adjacent to an activating group) is 1. The SMILES string of the molecule is CCN(CC(C)(C)O)C(=O)C1CCCC(F)(F)C1.